The van der Waals surface area contributed by atoms with Gasteiger partial charge < -0.3 is 9.26 Å². The van der Waals surface area contributed by atoms with Crippen LogP contribution in [0.2, 0.25) is 0 Å². The Bertz CT molecular complexity index is 734. The quantitative estimate of drug-likeness (QED) is 0.631. The highest BCUT2D eigenvalue weighted by molar-refractivity contribution is 9.09. The summed E-state index contributed by atoms with van der Waals surface area (Å²) >= 11 is 3.42. The third kappa shape index (κ3) is 3.27. The smallest absolute Gasteiger partial charge is 0.170 e. The second-order valence-electron chi connectivity index (χ2n) is 5.00. The van der Waals surface area contributed by atoms with Crippen molar-refractivity contribution in [2.45, 2.75) is 20.0 Å². The molecule has 1 heterocycles. The number of fused-ring (bicyclic) bond motifs is 1. The Labute approximate surface area is 132 Å². The van der Waals surface area contributed by atoms with Gasteiger partial charge in [0.25, 0.3) is 0 Å². The maximum atomic E-state index is 5.81. The maximum Gasteiger partial charge on any atom is 0.170 e. The molecule has 0 saturated heterocycles. The molecule has 0 atom stereocenters. The van der Waals surface area contributed by atoms with E-state index in [1.54, 1.807) is 0 Å². The molecule has 0 unspecified atom stereocenters. The summed E-state index contributed by atoms with van der Waals surface area (Å²) in [7, 11) is 0. The summed E-state index contributed by atoms with van der Waals surface area (Å²) in [5.41, 5.74) is 4.15. The fourth-order valence-corrected chi connectivity index (χ4v) is 2.56. The number of nitrogens with zero attached hydrogens (tertiary/aromatic N) is 1. The number of rotatable bonds is 5. The summed E-state index contributed by atoms with van der Waals surface area (Å²) in [5, 5.41) is 6.02. The van der Waals surface area contributed by atoms with Crippen LogP contribution < -0.4 is 4.74 Å². The lowest BCUT2D eigenvalue weighted by molar-refractivity contribution is 0.306. The van der Waals surface area contributed by atoms with Crippen LogP contribution in [0.5, 0.6) is 5.75 Å². The van der Waals surface area contributed by atoms with Crippen LogP contribution in [0.1, 0.15) is 16.8 Å². The first-order valence-electron chi connectivity index (χ1n) is 6.89. The van der Waals surface area contributed by atoms with Gasteiger partial charge in [0, 0.05) is 23.2 Å². The van der Waals surface area contributed by atoms with E-state index >= 15 is 0 Å². The van der Waals surface area contributed by atoms with Gasteiger partial charge in [-0.15, -0.1) is 0 Å². The van der Waals surface area contributed by atoms with Gasteiger partial charge >= 0.3 is 0 Å². The molecule has 3 rings (SSSR count). The zero-order valence-corrected chi connectivity index (χ0v) is 13.4. The molecule has 21 heavy (non-hydrogen) atoms. The number of alkyl halides is 1. The Kier molecular flexibility index (Phi) is 4.25. The number of hydrogen-bond donors (Lipinski definition) is 0. The number of ether oxygens (including phenoxy) is 1. The Balaban J connectivity index is 1.74. The van der Waals surface area contributed by atoms with Crippen molar-refractivity contribution in [3.63, 3.8) is 0 Å². The van der Waals surface area contributed by atoms with Gasteiger partial charge in [0.15, 0.2) is 5.58 Å². The highest BCUT2D eigenvalue weighted by Crippen LogP contribution is 2.25. The SMILES string of the molecule is Cc1ccc(COc2ccc3c(CCBr)noc3c2)cc1. The Morgan fingerprint density at radius 1 is 1.14 bits per heavy atom. The lowest BCUT2D eigenvalue weighted by Crippen LogP contribution is -1.95. The van der Waals surface area contributed by atoms with E-state index in [1.165, 1.54) is 5.56 Å². The summed E-state index contributed by atoms with van der Waals surface area (Å²) in [6.45, 7) is 2.63. The molecule has 0 bridgehead atoms. The molecule has 0 spiro atoms. The fraction of sp³-hybridized carbons (Fsp3) is 0.235. The number of benzene rings is 2. The average Bonchev–Trinajstić information content (AvgIpc) is 2.90. The molecule has 0 fully saturated rings. The highest BCUT2D eigenvalue weighted by Gasteiger charge is 2.08. The van der Waals surface area contributed by atoms with Crippen molar-refractivity contribution in [2.24, 2.45) is 0 Å². The topological polar surface area (TPSA) is 35.3 Å². The zero-order valence-electron chi connectivity index (χ0n) is 11.8. The third-order valence-electron chi connectivity index (χ3n) is 3.38. The summed E-state index contributed by atoms with van der Waals surface area (Å²) in [6, 6.07) is 14.2. The predicted octanol–water partition coefficient (Wildman–Crippen LogP) is 4.65. The molecule has 0 N–H and O–H groups in total. The summed E-state index contributed by atoms with van der Waals surface area (Å²) in [4.78, 5) is 0. The first kappa shape index (κ1) is 14.1. The van der Waals surface area contributed by atoms with Crippen LogP contribution in [-0.4, -0.2) is 10.5 Å². The molecule has 108 valence electrons. The van der Waals surface area contributed by atoms with Crippen molar-refractivity contribution in [3.8, 4) is 5.75 Å². The van der Waals surface area contributed by atoms with Gasteiger partial charge in [0.1, 0.15) is 12.4 Å². The summed E-state index contributed by atoms with van der Waals surface area (Å²) < 4.78 is 11.2. The first-order valence-corrected chi connectivity index (χ1v) is 8.01. The van der Waals surface area contributed by atoms with Crippen LogP contribution in [0.15, 0.2) is 47.0 Å². The maximum absolute atomic E-state index is 5.81. The van der Waals surface area contributed by atoms with Crippen LogP contribution in [-0.2, 0) is 13.0 Å². The van der Waals surface area contributed by atoms with E-state index < -0.39 is 0 Å². The van der Waals surface area contributed by atoms with Crippen LogP contribution in [0, 0.1) is 6.92 Å². The Morgan fingerprint density at radius 3 is 2.71 bits per heavy atom. The number of aryl methyl sites for hydroxylation is 2. The molecule has 0 amide bonds. The minimum absolute atomic E-state index is 0.550. The first-order chi connectivity index (χ1) is 10.3. The third-order valence-corrected chi connectivity index (χ3v) is 3.77. The van der Waals surface area contributed by atoms with Gasteiger partial charge in [-0.2, -0.15) is 0 Å². The van der Waals surface area contributed by atoms with E-state index in [0.29, 0.717) is 6.61 Å². The molecular formula is C17H16BrNO2. The van der Waals surface area contributed by atoms with E-state index in [-0.39, 0.29) is 0 Å². The molecule has 4 heteroatoms. The standard InChI is InChI=1S/C17H16BrNO2/c1-12-2-4-13(5-3-12)11-20-14-6-7-15-16(8-9-18)19-21-17(15)10-14/h2-7,10H,8-9,11H2,1H3. The average molecular weight is 346 g/mol. The minimum Gasteiger partial charge on any atom is -0.489 e. The zero-order chi connectivity index (χ0) is 14.7. The van der Waals surface area contributed by atoms with Gasteiger partial charge in [-0.1, -0.05) is 50.9 Å². The number of aromatic nitrogens is 1. The van der Waals surface area contributed by atoms with E-state index in [2.05, 4.69) is 52.3 Å². The van der Waals surface area contributed by atoms with E-state index in [4.69, 9.17) is 9.26 Å². The van der Waals surface area contributed by atoms with Crippen molar-refractivity contribution in [1.82, 2.24) is 5.16 Å². The van der Waals surface area contributed by atoms with E-state index in [0.717, 1.165) is 39.7 Å². The molecule has 0 aliphatic carbocycles. The van der Waals surface area contributed by atoms with Crippen LogP contribution in [0.4, 0.5) is 0 Å². The summed E-state index contributed by atoms with van der Waals surface area (Å²) in [5.74, 6) is 0.796. The number of hydrogen-bond acceptors (Lipinski definition) is 3. The van der Waals surface area contributed by atoms with Gasteiger partial charge in [-0.25, -0.2) is 0 Å². The van der Waals surface area contributed by atoms with Gasteiger partial charge in [-0.05, 0) is 24.6 Å². The molecule has 3 aromatic rings. The Hall–Kier alpha value is -1.81. The Morgan fingerprint density at radius 2 is 1.95 bits per heavy atom. The molecule has 0 saturated carbocycles. The van der Waals surface area contributed by atoms with Crippen molar-refractivity contribution in [2.75, 3.05) is 5.33 Å². The van der Waals surface area contributed by atoms with Gasteiger partial charge in [0.2, 0.25) is 0 Å². The van der Waals surface area contributed by atoms with Gasteiger partial charge in [-0.3, -0.25) is 0 Å². The van der Waals surface area contributed by atoms with Crippen LogP contribution in [0.3, 0.4) is 0 Å². The minimum atomic E-state index is 0.550. The predicted molar refractivity (Wildman–Crippen MR) is 87.0 cm³/mol. The van der Waals surface area contributed by atoms with Gasteiger partial charge in [0.05, 0.1) is 5.69 Å². The molecule has 3 nitrogen and oxygen atoms in total. The monoisotopic (exact) mass is 345 g/mol. The lowest BCUT2D eigenvalue weighted by atomic mass is 10.1. The van der Waals surface area contributed by atoms with Crippen molar-refractivity contribution in [3.05, 3.63) is 59.3 Å². The largest absolute Gasteiger partial charge is 0.489 e. The molecule has 0 aliphatic heterocycles. The second kappa shape index (κ2) is 6.31. The molecule has 0 radical (unpaired) electrons. The molecule has 2 aromatic carbocycles. The van der Waals surface area contributed by atoms with Crippen LogP contribution >= 0.6 is 15.9 Å². The van der Waals surface area contributed by atoms with E-state index in [1.807, 2.05) is 18.2 Å². The van der Waals surface area contributed by atoms with E-state index in [9.17, 15) is 0 Å². The highest BCUT2D eigenvalue weighted by atomic mass is 79.9. The molecule has 1 aromatic heterocycles. The van der Waals surface area contributed by atoms with Crippen LogP contribution in [0.25, 0.3) is 11.0 Å². The van der Waals surface area contributed by atoms with Crippen molar-refractivity contribution >= 4 is 26.9 Å². The second-order valence-corrected chi connectivity index (χ2v) is 5.79. The lowest BCUT2D eigenvalue weighted by Gasteiger charge is -2.06. The summed E-state index contributed by atoms with van der Waals surface area (Å²) in [6.07, 6.45) is 0.858. The normalized spacial score (nSPS) is 11.0. The molecular weight excluding hydrogens is 330 g/mol. The number of halogens is 1. The molecule has 0 aliphatic rings. The van der Waals surface area contributed by atoms with Crippen molar-refractivity contribution in [1.29, 1.82) is 0 Å². The van der Waals surface area contributed by atoms with Crippen molar-refractivity contribution < 1.29 is 9.26 Å². The fourth-order valence-electron chi connectivity index (χ4n) is 2.18.